The second-order valence-corrected chi connectivity index (χ2v) is 10.7. The van der Waals surface area contributed by atoms with Crippen molar-refractivity contribution in [3.05, 3.63) is 42.4 Å². The number of piperidine rings is 1. The second-order valence-electron chi connectivity index (χ2n) is 9.56. The van der Waals surface area contributed by atoms with Gasteiger partial charge in [-0.05, 0) is 80.4 Å². The molecule has 3 N–H and O–H groups in total. The molecule has 4 aromatic rings. The van der Waals surface area contributed by atoms with Gasteiger partial charge in [0.25, 0.3) is 0 Å². The number of fused-ring (bicyclic) bond motifs is 2. The van der Waals surface area contributed by atoms with Gasteiger partial charge in [0, 0.05) is 35.0 Å². The zero-order valence-electron chi connectivity index (χ0n) is 20.1. The Balaban J connectivity index is 1.31. The van der Waals surface area contributed by atoms with E-state index >= 15 is 0 Å². The first-order valence-electron chi connectivity index (χ1n) is 12.8. The molecule has 0 amide bonds. The Hall–Kier alpha value is -2.91. The number of hydrogen-bond acceptors (Lipinski definition) is 8. The van der Waals surface area contributed by atoms with Gasteiger partial charge in [-0.2, -0.15) is 5.10 Å². The first-order valence-corrected chi connectivity index (χ1v) is 13.7. The molecular weight excluding hydrogens is 456 g/mol. The average Bonchev–Trinajstić information content (AvgIpc) is 3.58. The fourth-order valence-corrected chi connectivity index (χ4v) is 6.24. The molecule has 1 saturated carbocycles. The van der Waals surface area contributed by atoms with E-state index < -0.39 is 0 Å². The number of aryl methyl sites for hydroxylation is 1. The molecule has 1 atom stereocenters. The molecule has 2 fully saturated rings. The summed E-state index contributed by atoms with van der Waals surface area (Å²) >= 11 is 1.80. The zero-order valence-corrected chi connectivity index (χ0v) is 20.9. The summed E-state index contributed by atoms with van der Waals surface area (Å²) in [5.41, 5.74) is 5.38. The predicted molar refractivity (Wildman–Crippen MR) is 144 cm³/mol. The number of anilines is 2. The number of hydrogen-bond donors (Lipinski definition) is 3. The van der Waals surface area contributed by atoms with Gasteiger partial charge in [0.2, 0.25) is 5.95 Å². The van der Waals surface area contributed by atoms with Crippen molar-refractivity contribution in [3.8, 4) is 11.3 Å². The van der Waals surface area contributed by atoms with Crippen LogP contribution in [-0.2, 0) is 6.42 Å². The molecule has 3 aromatic heterocycles. The van der Waals surface area contributed by atoms with E-state index in [0.29, 0.717) is 17.2 Å². The summed E-state index contributed by atoms with van der Waals surface area (Å²) in [6.07, 6.45) is 12.0. The molecule has 1 aliphatic heterocycles. The van der Waals surface area contributed by atoms with Gasteiger partial charge in [0.05, 0.1) is 11.2 Å². The van der Waals surface area contributed by atoms with E-state index in [0.717, 1.165) is 59.4 Å². The molecule has 0 radical (unpaired) electrons. The van der Waals surface area contributed by atoms with E-state index in [9.17, 15) is 0 Å². The molecule has 6 rings (SSSR count). The van der Waals surface area contributed by atoms with Crippen LogP contribution in [0.1, 0.15) is 51.0 Å². The van der Waals surface area contributed by atoms with Crippen LogP contribution in [0, 0.1) is 0 Å². The number of nitrogens with one attached hydrogen (secondary N) is 3. The Bertz CT molecular complexity index is 1320. The van der Waals surface area contributed by atoms with Crippen LogP contribution < -0.4 is 15.4 Å². The third-order valence-electron chi connectivity index (χ3n) is 7.15. The van der Waals surface area contributed by atoms with Gasteiger partial charge < -0.3 is 15.4 Å². The Morgan fingerprint density at radius 1 is 1.11 bits per heavy atom. The second kappa shape index (κ2) is 9.99. The van der Waals surface area contributed by atoms with E-state index in [1.165, 1.54) is 37.7 Å². The number of nitrogens with zero attached hydrogens (tertiary/aromatic N) is 5. The normalized spacial score (nSPS) is 18.9. The van der Waals surface area contributed by atoms with Crippen LogP contribution in [0.2, 0.25) is 0 Å². The summed E-state index contributed by atoms with van der Waals surface area (Å²) in [5, 5.41) is 13.3. The minimum atomic E-state index is 0.381. The SMILES string of the molecule is CCc1cc(-c2ccc3c(NSC4CCCC4)ncnn23)cc2cnc(NC3CCCNC3)nc12. The van der Waals surface area contributed by atoms with Crippen LogP contribution in [0.4, 0.5) is 11.8 Å². The van der Waals surface area contributed by atoms with Crippen LogP contribution in [0.25, 0.3) is 27.7 Å². The first kappa shape index (κ1) is 22.5. The lowest BCUT2D eigenvalue weighted by molar-refractivity contribution is 0.478. The maximum atomic E-state index is 4.91. The summed E-state index contributed by atoms with van der Waals surface area (Å²) in [4.78, 5) is 14.1. The molecule has 1 saturated heterocycles. The summed E-state index contributed by atoms with van der Waals surface area (Å²) in [6.45, 7) is 4.23. The topological polar surface area (TPSA) is 92.1 Å². The van der Waals surface area contributed by atoms with Crippen LogP contribution >= 0.6 is 11.9 Å². The summed E-state index contributed by atoms with van der Waals surface area (Å²) in [6, 6.07) is 9.02. The van der Waals surface area contributed by atoms with Gasteiger partial charge in [0.1, 0.15) is 11.8 Å². The fraction of sp³-hybridized carbons (Fsp3) is 0.462. The highest BCUT2D eigenvalue weighted by atomic mass is 32.2. The minimum Gasteiger partial charge on any atom is -0.350 e. The van der Waals surface area contributed by atoms with Crippen LogP contribution in [0.15, 0.2) is 36.8 Å². The minimum absolute atomic E-state index is 0.381. The third kappa shape index (κ3) is 4.67. The largest absolute Gasteiger partial charge is 0.350 e. The zero-order chi connectivity index (χ0) is 23.6. The number of aromatic nitrogens is 5. The van der Waals surface area contributed by atoms with Crippen molar-refractivity contribution in [1.29, 1.82) is 0 Å². The van der Waals surface area contributed by atoms with Gasteiger partial charge in [-0.15, -0.1) is 0 Å². The van der Waals surface area contributed by atoms with Crippen molar-refractivity contribution in [3.63, 3.8) is 0 Å². The molecule has 182 valence electrons. The summed E-state index contributed by atoms with van der Waals surface area (Å²) < 4.78 is 5.48. The summed E-state index contributed by atoms with van der Waals surface area (Å²) in [7, 11) is 0. The van der Waals surface area contributed by atoms with E-state index in [1.807, 2.05) is 10.7 Å². The van der Waals surface area contributed by atoms with Crippen LogP contribution in [0.3, 0.4) is 0 Å². The Kier molecular flexibility index (Phi) is 6.43. The number of benzene rings is 1. The molecule has 1 unspecified atom stereocenters. The van der Waals surface area contributed by atoms with E-state index in [2.05, 4.69) is 61.6 Å². The maximum absolute atomic E-state index is 4.91. The van der Waals surface area contributed by atoms with Crippen molar-refractivity contribution in [2.75, 3.05) is 23.1 Å². The molecule has 9 heteroatoms. The molecule has 0 bridgehead atoms. The van der Waals surface area contributed by atoms with Gasteiger partial charge in [-0.1, -0.05) is 19.8 Å². The molecule has 4 heterocycles. The van der Waals surface area contributed by atoms with Crippen LogP contribution in [0.5, 0.6) is 0 Å². The van der Waals surface area contributed by atoms with Crippen molar-refractivity contribution in [1.82, 2.24) is 29.9 Å². The van der Waals surface area contributed by atoms with Gasteiger partial charge in [0.15, 0.2) is 5.82 Å². The van der Waals surface area contributed by atoms with Crippen LogP contribution in [-0.4, -0.2) is 48.9 Å². The quantitative estimate of drug-likeness (QED) is 0.311. The molecule has 1 aliphatic carbocycles. The molecule has 8 nitrogen and oxygen atoms in total. The Morgan fingerprint density at radius 2 is 2.03 bits per heavy atom. The lowest BCUT2D eigenvalue weighted by Crippen LogP contribution is -2.38. The molecule has 0 spiro atoms. The number of rotatable bonds is 7. The van der Waals surface area contributed by atoms with Crippen molar-refractivity contribution >= 4 is 40.1 Å². The average molecular weight is 489 g/mol. The molecule has 35 heavy (non-hydrogen) atoms. The van der Waals surface area contributed by atoms with Gasteiger partial charge in [-0.25, -0.2) is 19.5 Å². The maximum Gasteiger partial charge on any atom is 0.223 e. The van der Waals surface area contributed by atoms with Crippen molar-refractivity contribution in [2.45, 2.75) is 63.2 Å². The highest BCUT2D eigenvalue weighted by molar-refractivity contribution is 8.01. The van der Waals surface area contributed by atoms with Gasteiger partial charge in [-0.3, -0.25) is 0 Å². The highest BCUT2D eigenvalue weighted by Crippen LogP contribution is 2.33. The molecule has 2 aliphatic rings. The fourth-order valence-electron chi connectivity index (χ4n) is 5.24. The standard InChI is InChI=1S/C26H32N8S/c1-2-17-12-18(13-19-14-28-26(32-24(17)19)31-20-6-5-11-27-15-20)22-9-10-23-25(29-16-30-34(22)23)33-35-21-7-3-4-8-21/h9-10,12-14,16,20-21,27H,2-8,11,15H2,1H3,(H,28,31,32)(H,29,30,33). The Morgan fingerprint density at radius 3 is 2.86 bits per heavy atom. The third-order valence-corrected chi connectivity index (χ3v) is 8.26. The Labute approximate surface area is 209 Å². The van der Waals surface area contributed by atoms with E-state index in [4.69, 9.17) is 4.98 Å². The van der Waals surface area contributed by atoms with Crippen molar-refractivity contribution < 1.29 is 0 Å². The monoisotopic (exact) mass is 488 g/mol. The highest BCUT2D eigenvalue weighted by Gasteiger charge is 2.18. The summed E-state index contributed by atoms with van der Waals surface area (Å²) in [5.74, 6) is 1.58. The predicted octanol–water partition coefficient (Wildman–Crippen LogP) is 5.07. The van der Waals surface area contributed by atoms with Gasteiger partial charge >= 0.3 is 0 Å². The van der Waals surface area contributed by atoms with E-state index in [-0.39, 0.29) is 0 Å². The smallest absolute Gasteiger partial charge is 0.223 e. The first-order chi connectivity index (χ1) is 17.3. The van der Waals surface area contributed by atoms with Crippen molar-refractivity contribution in [2.24, 2.45) is 0 Å². The lowest BCUT2D eigenvalue weighted by Gasteiger charge is -2.23. The molecular formula is C26H32N8S. The lowest BCUT2D eigenvalue weighted by atomic mass is 10.0. The van der Waals surface area contributed by atoms with E-state index in [1.54, 1.807) is 18.3 Å². The molecule has 1 aromatic carbocycles.